The summed E-state index contributed by atoms with van der Waals surface area (Å²) in [7, 11) is 0. The standard InChI is InChI=1S/2C8H11.2C6H4Cl2O.Zr/c2*1-6-4-7(2)8(3)5-6;2*7-4-1-2-6(9)5(8)3-4;/h2*4H2,1-3H3;2*1-3,9H;/q;;;;+2/p-2. The fraction of sp³-hybridized carbons (Fsp3) is 0.286. The molecule has 7 heteroatoms. The van der Waals surface area contributed by atoms with Crippen LogP contribution in [0.1, 0.15) is 54.4 Å². The van der Waals surface area contributed by atoms with Crippen molar-refractivity contribution in [2.75, 3.05) is 0 Å². The maximum atomic E-state index is 7.14. The molecule has 0 unspecified atom stereocenters. The Morgan fingerprint density at radius 2 is 0.943 bits per heavy atom. The third kappa shape index (κ3) is 5.10. The number of rotatable bonds is 6. The van der Waals surface area contributed by atoms with Gasteiger partial charge in [0.1, 0.15) is 0 Å². The molecule has 0 aromatic heterocycles. The van der Waals surface area contributed by atoms with Gasteiger partial charge in [0, 0.05) is 0 Å². The van der Waals surface area contributed by atoms with Crippen molar-refractivity contribution in [3.63, 3.8) is 0 Å². The first-order valence-corrected chi connectivity index (χ1v) is 17.4. The number of hydrogen-bond acceptors (Lipinski definition) is 2. The van der Waals surface area contributed by atoms with Crippen LogP contribution in [0.5, 0.6) is 11.5 Å². The van der Waals surface area contributed by atoms with Crippen LogP contribution in [0.2, 0.25) is 20.1 Å². The van der Waals surface area contributed by atoms with Crippen LogP contribution in [0.4, 0.5) is 0 Å². The Morgan fingerprint density at radius 3 is 1.23 bits per heavy atom. The topological polar surface area (TPSA) is 18.5 Å². The van der Waals surface area contributed by atoms with Crippen molar-refractivity contribution in [3.05, 3.63) is 96.5 Å². The first kappa shape index (κ1) is 27.1. The Balaban J connectivity index is 2.06. The van der Waals surface area contributed by atoms with Gasteiger partial charge in [-0.25, -0.2) is 0 Å². The number of hydrogen-bond donors (Lipinski definition) is 0. The summed E-state index contributed by atoms with van der Waals surface area (Å²) < 4.78 is 16.7. The molecule has 0 aliphatic heterocycles. The molecule has 0 heterocycles. The van der Waals surface area contributed by atoms with Crippen LogP contribution in [0.25, 0.3) is 0 Å². The Morgan fingerprint density at radius 1 is 0.571 bits per heavy atom. The molecule has 0 N–H and O–H groups in total. The number of benzene rings is 2. The Hall–Kier alpha value is -0.957. The average Bonchev–Trinajstić information content (AvgIpc) is 3.18. The maximum absolute atomic E-state index is 7.14. The molecule has 0 bridgehead atoms. The third-order valence-corrected chi connectivity index (χ3v) is 17.6. The van der Waals surface area contributed by atoms with Gasteiger partial charge in [-0.1, -0.05) is 0 Å². The van der Waals surface area contributed by atoms with Gasteiger partial charge in [-0.15, -0.1) is 0 Å². The second-order valence-electron chi connectivity index (χ2n) is 9.45. The molecule has 0 saturated carbocycles. The summed E-state index contributed by atoms with van der Waals surface area (Å²) in [6.07, 6.45) is 1.78. The van der Waals surface area contributed by atoms with E-state index >= 15 is 0 Å². The molecule has 2 aliphatic carbocycles. The molecule has 0 amide bonds. The van der Waals surface area contributed by atoms with Crippen molar-refractivity contribution in [3.8, 4) is 11.5 Å². The minimum absolute atomic E-state index is 0.452. The van der Waals surface area contributed by atoms with Gasteiger partial charge in [0.15, 0.2) is 0 Å². The van der Waals surface area contributed by atoms with Gasteiger partial charge in [0.2, 0.25) is 0 Å². The summed E-state index contributed by atoms with van der Waals surface area (Å²) in [5.74, 6) is 1.12. The monoisotopic (exact) mass is 626 g/mol. The first-order valence-electron chi connectivity index (χ1n) is 11.5. The van der Waals surface area contributed by atoms with E-state index in [1.165, 1.54) is 40.0 Å². The molecule has 35 heavy (non-hydrogen) atoms. The molecule has 4 rings (SSSR count). The molecule has 2 aromatic carbocycles. The van der Waals surface area contributed by atoms with Crippen molar-refractivity contribution in [1.29, 1.82) is 0 Å². The molecule has 2 nitrogen and oxygen atoms in total. The van der Waals surface area contributed by atoms with E-state index in [4.69, 9.17) is 52.0 Å². The van der Waals surface area contributed by atoms with Gasteiger partial charge in [0.25, 0.3) is 0 Å². The fourth-order valence-corrected chi connectivity index (χ4v) is 17.1. The molecule has 184 valence electrons. The molecular formula is C28H28Cl4O2Zr. The van der Waals surface area contributed by atoms with Crippen molar-refractivity contribution in [2.24, 2.45) is 0 Å². The predicted molar refractivity (Wildman–Crippen MR) is 146 cm³/mol. The molecule has 2 aromatic rings. The number of halogens is 4. The van der Waals surface area contributed by atoms with Crippen LogP contribution in [-0.2, 0) is 21.1 Å². The van der Waals surface area contributed by atoms with Gasteiger partial charge in [-0.3, -0.25) is 0 Å². The van der Waals surface area contributed by atoms with Gasteiger partial charge >= 0.3 is 236 Å². The predicted octanol–water partition coefficient (Wildman–Crippen LogP) is 10.8. The van der Waals surface area contributed by atoms with Crippen LogP contribution >= 0.6 is 46.4 Å². The summed E-state index contributed by atoms with van der Waals surface area (Å²) in [5.41, 5.74) is 7.64. The van der Waals surface area contributed by atoms with Crippen molar-refractivity contribution in [1.82, 2.24) is 0 Å². The Kier molecular flexibility index (Phi) is 8.07. The molecule has 2 aliphatic rings. The van der Waals surface area contributed by atoms with Gasteiger partial charge in [0.05, 0.1) is 0 Å². The molecule has 0 fully saturated rings. The van der Waals surface area contributed by atoms with Crippen molar-refractivity contribution in [2.45, 2.75) is 54.4 Å². The Bertz CT molecular complexity index is 1250. The van der Waals surface area contributed by atoms with Crippen LogP contribution < -0.4 is 5.63 Å². The summed E-state index contributed by atoms with van der Waals surface area (Å²) in [6.45, 7) is 13.1. The zero-order valence-corrected chi connectivity index (χ0v) is 26.2. The van der Waals surface area contributed by atoms with E-state index in [2.05, 4.69) is 41.5 Å². The second kappa shape index (κ2) is 10.4. The molecule has 0 saturated heterocycles. The zero-order chi connectivity index (χ0) is 25.7. The van der Waals surface area contributed by atoms with E-state index in [1.807, 2.05) is 12.1 Å². The normalized spacial score (nSPS) is 16.7. The molecule has 0 radical (unpaired) electrons. The summed E-state index contributed by atoms with van der Waals surface area (Å²) in [6, 6.07) is 10.7. The van der Waals surface area contributed by atoms with E-state index in [0.29, 0.717) is 31.6 Å². The van der Waals surface area contributed by atoms with Crippen molar-refractivity contribution < 1.29 is 26.8 Å². The van der Waals surface area contributed by atoms with Crippen LogP contribution in [-0.4, -0.2) is 0 Å². The van der Waals surface area contributed by atoms with E-state index in [0.717, 1.165) is 12.8 Å². The van der Waals surface area contributed by atoms with Gasteiger partial charge in [-0.2, -0.15) is 0 Å². The van der Waals surface area contributed by atoms with E-state index < -0.39 is 21.1 Å². The summed E-state index contributed by atoms with van der Waals surface area (Å²) in [4.78, 5) is 0. The van der Waals surface area contributed by atoms with Crippen LogP contribution in [0.15, 0.2) is 76.4 Å². The van der Waals surface area contributed by atoms with Gasteiger partial charge in [-0.05, 0) is 0 Å². The van der Waals surface area contributed by atoms with Crippen LogP contribution in [0, 0.1) is 0 Å². The first-order chi connectivity index (χ1) is 16.4. The quantitative estimate of drug-likeness (QED) is 0.317. The van der Waals surface area contributed by atoms with Crippen LogP contribution in [0.3, 0.4) is 0 Å². The summed E-state index contributed by atoms with van der Waals surface area (Å²) in [5, 5.41) is 2.01. The fourth-order valence-electron chi connectivity index (χ4n) is 5.14. The average molecular weight is 630 g/mol. The van der Waals surface area contributed by atoms with E-state index in [9.17, 15) is 0 Å². The molecule has 0 atom stereocenters. The number of allylic oxidation sites excluding steroid dienone is 8. The van der Waals surface area contributed by atoms with Crippen molar-refractivity contribution >= 4 is 46.4 Å². The second-order valence-corrected chi connectivity index (χ2v) is 17.6. The van der Waals surface area contributed by atoms with E-state index in [1.54, 1.807) is 24.3 Å². The minimum atomic E-state index is -4.55. The van der Waals surface area contributed by atoms with E-state index in [-0.39, 0.29) is 0 Å². The van der Waals surface area contributed by atoms with Gasteiger partial charge < -0.3 is 0 Å². The third-order valence-electron chi connectivity index (χ3n) is 6.90. The summed E-state index contributed by atoms with van der Waals surface area (Å²) >= 11 is 21.2. The molecule has 0 spiro atoms. The SMILES string of the molecule is CC1=C(C)[C]([Zr]([O]c2ccc(Cl)cc2Cl)([O]c2ccc(Cl)cc2Cl)[C]2=C(C)CC(C)=C2C)=C(C)C1. The Labute approximate surface area is 233 Å². The molecular weight excluding hydrogens is 601 g/mol. The zero-order valence-electron chi connectivity index (χ0n) is 20.7.